The quantitative estimate of drug-likeness (QED) is 0.736. The van der Waals surface area contributed by atoms with Crippen molar-refractivity contribution in [2.24, 2.45) is 0 Å². The third-order valence-corrected chi connectivity index (χ3v) is 4.14. The number of halogens is 5. The number of thiophene rings is 1. The van der Waals surface area contributed by atoms with Crippen molar-refractivity contribution in [3.63, 3.8) is 0 Å². The van der Waals surface area contributed by atoms with Gasteiger partial charge in [-0.2, -0.15) is 13.2 Å². The molecular formula is C10H10BrClF3NOS. The maximum absolute atomic E-state index is 12.4. The maximum atomic E-state index is 12.4. The molecule has 0 aliphatic heterocycles. The first-order valence-electron chi connectivity index (χ1n) is 4.92. The molecule has 0 unspecified atom stereocenters. The first-order chi connectivity index (χ1) is 8.26. The number of aryl methyl sites for hydroxylation is 1. The van der Waals surface area contributed by atoms with Crippen molar-refractivity contribution in [3.8, 4) is 0 Å². The molecule has 0 aliphatic carbocycles. The van der Waals surface area contributed by atoms with E-state index in [-0.39, 0.29) is 21.8 Å². The summed E-state index contributed by atoms with van der Waals surface area (Å²) in [6, 6.07) is 0. The van der Waals surface area contributed by atoms with E-state index < -0.39 is 18.6 Å². The van der Waals surface area contributed by atoms with Gasteiger partial charge in [-0.25, -0.2) is 0 Å². The molecule has 1 aromatic heterocycles. The molecule has 0 aromatic carbocycles. The second-order valence-corrected chi connectivity index (χ2v) is 5.64. The van der Waals surface area contributed by atoms with Crippen LogP contribution in [0.25, 0.3) is 0 Å². The zero-order chi connectivity index (χ0) is 13.9. The van der Waals surface area contributed by atoms with Crippen LogP contribution in [0, 0.1) is 6.92 Å². The topological polar surface area (TPSA) is 20.3 Å². The summed E-state index contributed by atoms with van der Waals surface area (Å²) in [6.45, 7) is 0.407. The van der Waals surface area contributed by atoms with Gasteiger partial charge in [0.05, 0.1) is 5.02 Å². The van der Waals surface area contributed by atoms with Crippen molar-refractivity contribution in [3.05, 3.63) is 20.8 Å². The summed E-state index contributed by atoms with van der Waals surface area (Å²) < 4.78 is 37.1. The standard InChI is InChI=1S/C10H10BrClF3NOS/c1-6-4-18-8(7(6)12)9(17)16(3-2-11)5-10(13,14)15/h4H,2-3,5H2,1H3. The summed E-state index contributed by atoms with van der Waals surface area (Å²) >= 11 is 9.98. The molecule has 0 aliphatic rings. The number of hydrogen-bond acceptors (Lipinski definition) is 2. The Hall–Kier alpha value is -0.270. The van der Waals surface area contributed by atoms with E-state index in [1.807, 2.05) is 0 Å². The van der Waals surface area contributed by atoms with Crippen molar-refractivity contribution in [2.45, 2.75) is 13.1 Å². The molecule has 0 N–H and O–H groups in total. The SMILES string of the molecule is Cc1csc(C(=O)N(CCBr)CC(F)(F)F)c1Cl. The fraction of sp³-hybridized carbons (Fsp3) is 0.500. The van der Waals surface area contributed by atoms with Gasteiger partial charge in [-0.1, -0.05) is 27.5 Å². The molecule has 1 aromatic rings. The monoisotopic (exact) mass is 363 g/mol. The Bertz CT molecular complexity index is 435. The highest BCUT2D eigenvalue weighted by Crippen LogP contribution is 2.29. The molecule has 0 spiro atoms. The molecule has 0 radical (unpaired) electrons. The van der Waals surface area contributed by atoms with Crippen LogP contribution in [0.5, 0.6) is 0 Å². The maximum Gasteiger partial charge on any atom is 0.406 e. The number of hydrogen-bond donors (Lipinski definition) is 0. The molecule has 8 heteroatoms. The predicted octanol–water partition coefficient (Wildman–Crippen LogP) is 4.11. The van der Waals surface area contributed by atoms with Crippen LogP contribution in [0.2, 0.25) is 5.02 Å². The van der Waals surface area contributed by atoms with Gasteiger partial charge in [0.15, 0.2) is 0 Å². The molecular weight excluding hydrogens is 355 g/mol. The highest BCUT2D eigenvalue weighted by atomic mass is 79.9. The summed E-state index contributed by atoms with van der Waals surface area (Å²) in [5.74, 6) is -0.685. The lowest BCUT2D eigenvalue weighted by Crippen LogP contribution is -2.39. The Kier molecular flexibility index (Phi) is 5.48. The zero-order valence-corrected chi connectivity index (χ0v) is 12.5. The second-order valence-electron chi connectivity index (χ2n) is 3.59. The van der Waals surface area contributed by atoms with Crippen LogP contribution in [0.1, 0.15) is 15.2 Å². The van der Waals surface area contributed by atoms with Crippen LogP contribution in [0.4, 0.5) is 13.2 Å². The molecule has 0 fully saturated rings. The second kappa shape index (κ2) is 6.25. The van der Waals surface area contributed by atoms with Gasteiger partial charge in [0.25, 0.3) is 5.91 Å². The average molecular weight is 365 g/mol. The van der Waals surface area contributed by atoms with Gasteiger partial charge in [-0.3, -0.25) is 4.79 Å². The Morgan fingerprint density at radius 3 is 2.56 bits per heavy atom. The molecule has 0 atom stereocenters. The minimum Gasteiger partial charge on any atom is -0.328 e. The van der Waals surface area contributed by atoms with E-state index in [2.05, 4.69) is 15.9 Å². The molecule has 0 bridgehead atoms. The number of carbonyl (C=O) groups excluding carboxylic acids is 1. The minimum atomic E-state index is -4.42. The number of rotatable bonds is 4. The highest BCUT2D eigenvalue weighted by molar-refractivity contribution is 9.09. The van der Waals surface area contributed by atoms with Gasteiger partial charge in [-0.15, -0.1) is 11.3 Å². The van der Waals surface area contributed by atoms with Crippen LogP contribution in [-0.4, -0.2) is 35.4 Å². The Balaban J connectivity index is 2.92. The van der Waals surface area contributed by atoms with Gasteiger partial charge in [0.1, 0.15) is 11.4 Å². The van der Waals surface area contributed by atoms with Crippen molar-refractivity contribution in [1.29, 1.82) is 0 Å². The molecule has 1 rings (SSSR count). The third-order valence-electron chi connectivity index (χ3n) is 2.11. The average Bonchev–Trinajstić information content (AvgIpc) is 2.56. The Morgan fingerprint density at radius 2 is 2.17 bits per heavy atom. The Morgan fingerprint density at radius 1 is 1.56 bits per heavy atom. The first-order valence-corrected chi connectivity index (χ1v) is 7.29. The van der Waals surface area contributed by atoms with Crippen molar-refractivity contribution in [1.82, 2.24) is 4.90 Å². The lowest BCUT2D eigenvalue weighted by Gasteiger charge is -2.22. The molecule has 2 nitrogen and oxygen atoms in total. The minimum absolute atomic E-state index is 0.0222. The highest BCUT2D eigenvalue weighted by Gasteiger charge is 2.34. The van der Waals surface area contributed by atoms with E-state index in [4.69, 9.17) is 11.6 Å². The Labute approximate surface area is 120 Å². The first kappa shape index (κ1) is 15.8. The normalized spacial score (nSPS) is 11.7. The molecule has 1 heterocycles. The van der Waals surface area contributed by atoms with Gasteiger partial charge in [0, 0.05) is 11.9 Å². The molecule has 0 saturated carbocycles. The van der Waals surface area contributed by atoms with Crippen molar-refractivity contribution < 1.29 is 18.0 Å². The van der Waals surface area contributed by atoms with E-state index in [0.29, 0.717) is 5.56 Å². The van der Waals surface area contributed by atoms with Gasteiger partial charge >= 0.3 is 6.18 Å². The fourth-order valence-electron chi connectivity index (χ4n) is 1.29. The lowest BCUT2D eigenvalue weighted by molar-refractivity contribution is -0.140. The summed E-state index contributed by atoms with van der Waals surface area (Å²) in [4.78, 5) is 12.9. The van der Waals surface area contributed by atoms with Crippen LogP contribution < -0.4 is 0 Å². The summed E-state index contributed by atoms with van der Waals surface area (Å²) in [6.07, 6.45) is -4.42. The van der Waals surface area contributed by atoms with E-state index in [1.165, 1.54) is 0 Å². The van der Waals surface area contributed by atoms with Crippen LogP contribution >= 0.6 is 38.9 Å². The van der Waals surface area contributed by atoms with E-state index in [1.54, 1.807) is 12.3 Å². The third kappa shape index (κ3) is 4.13. The molecule has 18 heavy (non-hydrogen) atoms. The number of carbonyl (C=O) groups is 1. The molecule has 102 valence electrons. The van der Waals surface area contributed by atoms with E-state index in [9.17, 15) is 18.0 Å². The van der Waals surface area contributed by atoms with Crippen molar-refractivity contribution >= 4 is 44.8 Å². The fourth-order valence-corrected chi connectivity index (χ4v) is 2.96. The van der Waals surface area contributed by atoms with Gasteiger partial charge in [-0.05, 0) is 17.9 Å². The number of alkyl halides is 4. The number of nitrogens with zero attached hydrogens (tertiary/aromatic N) is 1. The van der Waals surface area contributed by atoms with Crippen LogP contribution in [-0.2, 0) is 0 Å². The van der Waals surface area contributed by atoms with E-state index >= 15 is 0 Å². The number of amides is 1. The molecule has 1 amide bonds. The van der Waals surface area contributed by atoms with Gasteiger partial charge < -0.3 is 4.90 Å². The van der Waals surface area contributed by atoms with Crippen LogP contribution in [0.3, 0.4) is 0 Å². The smallest absolute Gasteiger partial charge is 0.328 e. The predicted molar refractivity (Wildman–Crippen MR) is 69.8 cm³/mol. The van der Waals surface area contributed by atoms with Gasteiger partial charge in [0.2, 0.25) is 0 Å². The summed E-state index contributed by atoms with van der Waals surface area (Å²) in [7, 11) is 0. The van der Waals surface area contributed by atoms with Crippen LogP contribution in [0.15, 0.2) is 5.38 Å². The summed E-state index contributed by atoms with van der Waals surface area (Å²) in [5, 5.41) is 2.15. The summed E-state index contributed by atoms with van der Waals surface area (Å²) in [5.41, 5.74) is 0.691. The zero-order valence-electron chi connectivity index (χ0n) is 9.35. The lowest BCUT2D eigenvalue weighted by atomic mass is 10.3. The van der Waals surface area contributed by atoms with E-state index in [0.717, 1.165) is 16.2 Å². The van der Waals surface area contributed by atoms with Crippen molar-refractivity contribution in [2.75, 3.05) is 18.4 Å². The largest absolute Gasteiger partial charge is 0.406 e. The molecule has 0 saturated heterocycles.